The van der Waals surface area contributed by atoms with Crippen LogP contribution in [0.3, 0.4) is 0 Å². The van der Waals surface area contributed by atoms with Gasteiger partial charge in [-0.05, 0) is 23.6 Å². The summed E-state index contributed by atoms with van der Waals surface area (Å²) in [5.74, 6) is 0.920. The van der Waals surface area contributed by atoms with Gasteiger partial charge in [0.05, 0.1) is 12.0 Å². The Bertz CT molecular complexity index is 793. The predicted molar refractivity (Wildman–Crippen MR) is 98.2 cm³/mol. The largest absolute Gasteiger partial charge is 0.377 e. The number of benzene rings is 1. The van der Waals surface area contributed by atoms with Crippen LogP contribution in [0.15, 0.2) is 36.7 Å². The number of hydrogen-bond acceptors (Lipinski definition) is 4. The second kappa shape index (κ2) is 7.45. The lowest BCUT2D eigenvalue weighted by Gasteiger charge is -2.10. The van der Waals surface area contributed by atoms with E-state index in [0.717, 1.165) is 47.6 Å². The van der Waals surface area contributed by atoms with Gasteiger partial charge in [0, 0.05) is 26.4 Å². The second-order valence-corrected chi connectivity index (χ2v) is 6.14. The highest BCUT2D eigenvalue weighted by Gasteiger charge is 2.10. The molecule has 1 N–H and O–H groups in total. The Labute approximate surface area is 142 Å². The number of fused-ring (bicyclic) bond motifs is 1. The molecule has 0 aliphatic carbocycles. The molecule has 3 rings (SSSR count). The van der Waals surface area contributed by atoms with Crippen LogP contribution in [0.25, 0.3) is 22.3 Å². The molecule has 0 unspecified atom stereocenters. The molecule has 0 fully saturated rings. The fourth-order valence-electron chi connectivity index (χ4n) is 2.66. The Kier molecular flexibility index (Phi) is 5.11. The molecule has 2 aromatic heterocycles. The van der Waals surface area contributed by atoms with Crippen molar-refractivity contribution in [2.75, 3.05) is 25.6 Å². The fourth-order valence-corrected chi connectivity index (χ4v) is 2.66. The minimum absolute atomic E-state index is 0.670. The SMILES string of the molecule is CCCCOCc1ccc(-c2cc3c(N(C)C)ncnc3[nH]2)cc1. The van der Waals surface area contributed by atoms with E-state index >= 15 is 0 Å². The van der Waals surface area contributed by atoms with E-state index in [1.807, 2.05) is 19.0 Å². The third-order valence-electron chi connectivity index (χ3n) is 4.00. The minimum atomic E-state index is 0.670. The van der Waals surface area contributed by atoms with Crippen molar-refractivity contribution in [2.24, 2.45) is 0 Å². The van der Waals surface area contributed by atoms with Gasteiger partial charge in [-0.2, -0.15) is 0 Å². The van der Waals surface area contributed by atoms with Gasteiger partial charge in [-0.1, -0.05) is 37.6 Å². The number of aromatic nitrogens is 3. The summed E-state index contributed by atoms with van der Waals surface area (Å²) in [5, 5.41) is 1.03. The number of rotatable bonds is 7. The van der Waals surface area contributed by atoms with Gasteiger partial charge in [-0.25, -0.2) is 9.97 Å². The summed E-state index contributed by atoms with van der Waals surface area (Å²) in [6.07, 6.45) is 3.87. The molecule has 0 saturated carbocycles. The predicted octanol–water partition coefficient (Wildman–Crippen LogP) is 4.01. The molecular formula is C19H24N4O. The van der Waals surface area contributed by atoms with E-state index in [9.17, 15) is 0 Å². The molecule has 5 heteroatoms. The van der Waals surface area contributed by atoms with Crippen molar-refractivity contribution in [2.45, 2.75) is 26.4 Å². The van der Waals surface area contributed by atoms with Crippen molar-refractivity contribution in [3.63, 3.8) is 0 Å². The minimum Gasteiger partial charge on any atom is -0.377 e. The standard InChI is InChI=1S/C19H24N4O/c1-4-5-10-24-12-14-6-8-15(9-7-14)17-11-16-18(22-17)20-13-21-19(16)23(2)3/h6-9,11,13H,4-5,10,12H2,1-3H3,(H,20,21,22). The van der Waals surface area contributed by atoms with Crippen LogP contribution in [0.5, 0.6) is 0 Å². The zero-order valence-electron chi connectivity index (χ0n) is 14.5. The highest BCUT2D eigenvalue weighted by Crippen LogP contribution is 2.27. The van der Waals surface area contributed by atoms with E-state index in [1.165, 1.54) is 5.56 Å². The number of aromatic amines is 1. The third kappa shape index (κ3) is 3.57. The lowest BCUT2D eigenvalue weighted by atomic mass is 10.1. The molecule has 0 spiro atoms. The topological polar surface area (TPSA) is 54.0 Å². The van der Waals surface area contributed by atoms with E-state index in [-0.39, 0.29) is 0 Å². The Balaban J connectivity index is 1.79. The first-order valence-electron chi connectivity index (χ1n) is 8.37. The number of anilines is 1. The van der Waals surface area contributed by atoms with Crippen LogP contribution in [-0.4, -0.2) is 35.7 Å². The third-order valence-corrected chi connectivity index (χ3v) is 4.00. The molecule has 0 radical (unpaired) electrons. The normalized spacial score (nSPS) is 11.1. The first kappa shape index (κ1) is 16.5. The molecule has 0 bridgehead atoms. The maximum Gasteiger partial charge on any atom is 0.143 e. The smallest absolute Gasteiger partial charge is 0.143 e. The lowest BCUT2D eigenvalue weighted by Crippen LogP contribution is -2.10. The number of hydrogen-bond donors (Lipinski definition) is 1. The van der Waals surface area contributed by atoms with Crippen LogP contribution in [0.1, 0.15) is 25.3 Å². The Morgan fingerprint density at radius 1 is 1.12 bits per heavy atom. The summed E-state index contributed by atoms with van der Waals surface area (Å²) in [5.41, 5.74) is 4.23. The molecule has 0 amide bonds. The first-order valence-corrected chi connectivity index (χ1v) is 8.37. The first-order chi connectivity index (χ1) is 11.7. The van der Waals surface area contributed by atoms with Crippen LogP contribution < -0.4 is 4.90 Å². The van der Waals surface area contributed by atoms with Crippen LogP contribution >= 0.6 is 0 Å². The molecule has 3 aromatic rings. The van der Waals surface area contributed by atoms with Crippen molar-refractivity contribution >= 4 is 16.9 Å². The number of unbranched alkanes of at least 4 members (excludes halogenated alkanes) is 1. The average molecular weight is 324 g/mol. The van der Waals surface area contributed by atoms with Gasteiger partial charge in [0.15, 0.2) is 0 Å². The number of ether oxygens (including phenoxy) is 1. The second-order valence-electron chi connectivity index (χ2n) is 6.14. The fraction of sp³-hybridized carbons (Fsp3) is 0.368. The number of nitrogens with one attached hydrogen (secondary N) is 1. The molecular weight excluding hydrogens is 300 g/mol. The van der Waals surface area contributed by atoms with Gasteiger partial charge in [-0.3, -0.25) is 0 Å². The number of nitrogens with zero attached hydrogens (tertiary/aromatic N) is 3. The monoisotopic (exact) mass is 324 g/mol. The van der Waals surface area contributed by atoms with Gasteiger partial charge in [-0.15, -0.1) is 0 Å². The van der Waals surface area contributed by atoms with Gasteiger partial charge < -0.3 is 14.6 Å². The number of H-pyrrole nitrogens is 1. The van der Waals surface area contributed by atoms with Crippen molar-refractivity contribution in [3.8, 4) is 11.3 Å². The summed E-state index contributed by atoms with van der Waals surface area (Å²) in [6, 6.07) is 10.6. The van der Waals surface area contributed by atoms with E-state index in [1.54, 1.807) is 6.33 Å². The molecule has 0 aliphatic rings. The van der Waals surface area contributed by atoms with Gasteiger partial charge in [0.1, 0.15) is 17.8 Å². The summed E-state index contributed by atoms with van der Waals surface area (Å²) in [4.78, 5) is 14.1. The van der Waals surface area contributed by atoms with Crippen LogP contribution in [0, 0.1) is 0 Å². The van der Waals surface area contributed by atoms with Crippen molar-refractivity contribution in [1.29, 1.82) is 0 Å². The molecule has 0 aliphatic heterocycles. The molecule has 126 valence electrons. The summed E-state index contributed by atoms with van der Waals surface area (Å²) < 4.78 is 5.66. The Hall–Kier alpha value is -2.40. The zero-order chi connectivity index (χ0) is 16.9. The Morgan fingerprint density at radius 3 is 2.62 bits per heavy atom. The maximum atomic E-state index is 5.66. The van der Waals surface area contributed by atoms with Crippen molar-refractivity contribution in [1.82, 2.24) is 15.0 Å². The van der Waals surface area contributed by atoms with Crippen LogP contribution in [0.4, 0.5) is 5.82 Å². The molecule has 0 saturated heterocycles. The molecule has 1 aromatic carbocycles. The van der Waals surface area contributed by atoms with Gasteiger partial charge in [0.2, 0.25) is 0 Å². The average Bonchev–Trinajstić information content (AvgIpc) is 3.03. The van der Waals surface area contributed by atoms with Gasteiger partial charge >= 0.3 is 0 Å². The molecule has 24 heavy (non-hydrogen) atoms. The summed E-state index contributed by atoms with van der Waals surface area (Å²) in [7, 11) is 3.98. The summed E-state index contributed by atoms with van der Waals surface area (Å²) in [6.45, 7) is 3.67. The quantitative estimate of drug-likeness (QED) is 0.667. The van der Waals surface area contributed by atoms with E-state index in [0.29, 0.717) is 6.61 Å². The van der Waals surface area contributed by atoms with Crippen LogP contribution in [-0.2, 0) is 11.3 Å². The highest BCUT2D eigenvalue weighted by atomic mass is 16.5. The highest BCUT2D eigenvalue weighted by molar-refractivity contribution is 5.91. The molecule has 0 atom stereocenters. The lowest BCUT2D eigenvalue weighted by molar-refractivity contribution is 0.118. The van der Waals surface area contributed by atoms with Crippen LogP contribution in [0.2, 0.25) is 0 Å². The van der Waals surface area contributed by atoms with E-state index in [2.05, 4.69) is 52.2 Å². The van der Waals surface area contributed by atoms with Crippen molar-refractivity contribution in [3.05, 3.63) is 42.2 Å². The van der Waals surface area contributed by atoms with Gasteiger partial charge in [0.25, 0.3) is 0 Å². The molecule has 2 heterocycles. The van der Waals surface area contributed by atoms with E-state index < -0.39 is 0 Å². The zero-order valence-corrected chi connectivity index (χ0v) is 14.5. The summed E-state index contributed by atoms with van der Waals surface area (Å²) >= 11 is 0. The van der Waals surface area contributed by atoms with E-state index in [4.69, 9.17) is 4.74 Å². The molecule has 5 nitrogen and oxygen atoms in total. The van der Waals surface area contributed by atoms with Crippen molar-refractivity contribution < 1.29 is 4.74 Å². The Morgan fingerprint density at radius 2 is 1.92 bits per heavy atom. The maximum absolute atomic E-state index is 5.66.